The second kappa shape index (κ2) is 7.46. The SMILES string of the molecule is Cn1ccc2cc([C@@H](O)CNS(=O)(=O)c3ccc(OC(F)(F)F)cc3)ccc21. The van der Waals surface area contributed by atoms with Gasteiger partial charge >= 0.3 is 6.36 Å². The van der Waals surface area contributed by atoms with Gasteiger partial charge in [-0.15, -0.1) is 13.2 Å². The van der Waals surface area contributed by atoms with Crippen LogP contribution in [0.4, 0.5) is 13.2 Å². The van der Waals surface area contributed by atoms with Gasteiger partial charge in [-0.3, -0.25) is 0 Å². The van der Waals surface area contributed by atoms with Crippen LogP contribution >= 0.6 is 0 Å². The molecule has 0 fully saturated rings. The van der Waals surface area contributed by atoms with Crippen molar-refractivity contribution < 1.29 is 31.4 Å². The van der Waals surface area contributed by atoms with E-state index in [1.165, 1.54) is 0 Å². The van der Waals surface area contributed by atoms with Crippen LogP contribution in [0.3, 0.4) is 0 Å². The maximum absolute atomic E-state index is 12.3. The van der Waals surface area contributed by atoms with Crippen molar-refractivity contribution in [3.63, 3.8) is 0 Å². The number of fused-ring (bicyclic) bond motifs is 1. The predicted molar refractivity (Wildman–Crippen MR) is 96.2 cm³/mol. The average Bonchev–Trinajstić information content (AvgIpc) is 2.99. The third kappa shape index (κ3) is 4.64. The number of hydrogen-bond acceptors (Lipinski definition) is 4. The summed E-state index contributed by atoms with van der Waals surface area (Å²) in [5.74, 6) is -0.525. The molecular formula is C18H17F3N2O4S. The van der Waals surface area contributed by atoms with Gasteiger partial charge < -0.3 is 14.4 Å². The zero-order valence-corrected chi connectivity index (χ0v) is 15.5. The van der Waals surface area contributed by atoms with Crippen molar-refractivity contribution in [2.45, 2.75) is 17.4 Å². The van der Waals surface area contributed by atoms with Gasteiger partial charge in [0.15, 0.2) is 0 Å². The van der Waals surface area contributed by atoms with Crippen LogP contribution in [-0.2, 0) is 17.1 Å². The molecular weight excluding hydrogens is 397 g/mol. The highest BCUT2D eigenvalue weighted by atomic mass is 32.2. The number of ether oxygens (including phenoxy) is 1. The van der Waals surface area contributed by atoms with Gasteiger partial charge in [0.05, 0.1) is 11.0 Å². The Balaban J connectivity index is 1.67. The molecule has 0 bridgehead atoms. The van der Waals surface area contributed by atoms with E-state index in [0.29, 0.717) is 5.56 Å². The molecule has 150 valence electrons. The number of hydrogen-bond donors (Lipinski definition) is 2. The van der Waals surface area contributed by atoms with Gasteiger partial charge in [0.25, 0.3) is 0 Å². The lowest BCUT2D eigenvalue weighted by molar-refractivity contribution is -0.274. The third-order valence-corrected chi connectivity index (χ3v) is 5.57. The van der Waals surface area contributed by atoms with Crippen LogP contribution in [0.5, 0.6) is 5.75 Å². The molecule has 0 aliphatic heterocycles. The summed E-state index contributed by atoms with van der Waals surface area (Å²) in [7, 11) is -2.13. The Morgan fingerprint density at radius 3 is 2.46 bits per heavy atom. The molecule has 2 N–H and O–H groups in total. The Morgan fingerprint density at radius 1 is 1.14 bits per heavy atom. The highest BCUT2D eigenvalue weighted by Gasteiger charge is 2.31. The minimum Gasteiger partial charge on any atom is -0.406 e. The van der Waals surface area contributed by atoms with Gasteiger partial charge in [-0.1, -0.05) is 6.07 Å². The Kier molecular flexibility index (Phi) is 5.37. The van der Waals surface area contributed by atoms with Crippen LogP contribution in [0.2, 0.25) is 0 Å². The maximum Gasteiger partial charge on any atom is 0.573 e. The monoisotopic (exact) mass is 414 g/mol. The fourth-order valence-electron chi connectivity index (χ4n) is 2.72. The van der Waals surface area contributed by atoms with E-state index in [2.05, 4.69) is 9.46 Å². The first-order valence-electron chi connectivity index (χ1n) is 8.14. The number of aliphatic hydroxyl groups excluding tert-OH is 1. The maximum atomic E-state index is 12.3. The van der Waals surface area contributed by atoms with Crippen molar-refractivity contribution in [2.75, 3.05) is 6.54 Å². The number of rotatable bonds is 6. The number of alkyl halides is 3. The van der Waals surface area contributed by atoms with Crippen molar-refractivity contribution in [1.82, 2.24) is 9.29 Å². The van der Waals surface area contributed by atoms with E-state index in [1.54, 1.807) is 12.1 Å². The molecule has 28 heavy (non-hydrogen) atoms. The van der Waals surface area contributed by atoms with Gasteiger partial charge in [-0.25, -0.2) is 13.1 Å². The van der Waals surface area contributed by atoms with E-state index in [9.17, 15) is 26.7 Å². The Labute approximate surface area is 159 Å². The van der Waals surface area contributed by atoms with Crippen molar-refractivity contribution in [3.05, 3.63) is 60.3 Å². The average molecular weight is 414 g/mol. The van der Waals surface area contributed by atoms with E-state index < -0.39 is 28.2 Å². The number of benzene rings is 2. The largest absolute Gasteiger partial charge is 0.573 e. The summed E-state index contributed by atoms with van der Waals surface area (Å²) in [6.07, 6.45) is -4.08. The van der Waals surface area contributed by atoms with Crippen molar-refractivity contribution in [3.8, 4) is 5.75 Å². The van der Waals surface area contributed by atoms with Crippen molar-refractivity contribution in [1.29, 1.82) is 0 Å². The molecule has 0 spiro atoms. The lowest BCUT2D eigenvalue weighted by atomic mass is 10.1. The van der Waals surface area contributed by atoms with Crippen LogP contribution in [0.15, 0.2) is 59.6 Å². The molecule has 0 radical (unpaired) electrons. The number of sulfonamides is 1. The van der Waals surface area contributed by atoms with E-state index >= 15 is 0 Å². The summed E-state index contributed by atoms with van der Waals surface area (Å²) in [6, 6.07) is 10.9. The highest BCUT2D eigenvalue weighted by Crippen LogP contribution is 2.24. The van der Waals surface area contributed by atoms with Crippen LogP contribution in [-0.4, -0.2) is 31.0 Å². The standard InChI is InChI=1S/C18H17F3N2O4S/c1-23-9-8-12-10-13(2-7-16(12)23)17(24)11-22-28(25,26)15-5-3-14(4-6-15)27-18(19,20)21/h2-10,17,22,24H,11H2,1H3/t17-/m0/s1. The van der Waals surface area contributed by atoms with E-state index in [-0.39, 0.29) is 11.4 Å². The topological polar surface area (TPSA) is 80.6 Å². The number of nitrogens with zero attached hydrogens (tertiary/aromatic N) is 1. The zero-order chi connectivity index (χ0) is 20.5. The molecule has 1 heterocycles. The Bertz CT molecular complexity index is 1080. The van der Waals surface area contributed by atoms with Crippen LogP contribution < -0.4 is 9.46 Å². The molecule has 0 unspecified atom stereocenters. The number of aliphatic hydroxyl groups is 1. The molecule has 10 heteroatoms. The predicted octanol–water partition coefficient (Wildman–Crippen LogP) is 3.09. The normalized spacial score (nSPS) is 13.6. The van der Waals surface area contributed by atoms with Crippen molar-refractivity contribution in [2.24, 2.45) is 7.05 Å². The molecule has 2 aromatic carbocycles. The molecule has 3 rings (SSSR count). The second-order valence-electron chi connectivity index (χ2n) is 6.13. The lowest BCUT2D eigenvalue weighted by Gasteiger charge is -2.14. The number of halogens is 3. The minimum atomic E-state index is -4.86. The first kappa shape index (κ1) is 20.2. The molecule has 0 saturated carbocycles. The summed E-state index contributed by atoms with van der Waals surface area (Å²) in [6.45, 7) is -0.290. The number of aryl methyl sites for hydroxylation is 1. The first-order chi connectivity index (χ1) is 13.0. The molecule has 1 aromatic heterocycles. The smallest absolute Gasteiger partial charge is 0.406 e. The van der Waals surface area contributed by atoms with Gasteiger partial charge in [-0.2, -0.15) is 0 Å². The molecule has 0 saturated heterocycles. The third-order valence-electron chi connectivity index (χ3n) is 4.13. The second-order valence-corrected chi connectivity index (χ2v) is 7.90. The van der Waals surface area contributed by atoms with E-state index in [0.717, 1.165) is 35.2 Å². The van der Waals surface area contributed by atoms with Crippen LogP contribution in [0.1, 0.15) is 11.7 Å². The zero-order valence-electron chi connectivity index (χ0n) is 14.6. The van der Waals surface area contributed by atoms with Gasteiger partial charge in [-0.05, 0) is 53.4 Å². The fourth-order valence-corrected chi connectivity index (χ4v) is 3.76. The number of nitrogens with one attached hydrogen (secondary N) is 1. The Hall–Kier alpha value is -2.56. The molecule has 0 aliphatic carbocycles. The summed E-state index contributed by atoms with van der Waals surface area (Å²) in [5.41, 5.74) is 1.51. The van der Waals surface area contributed by atoms with Gasteiger partial charge in [0.2, 0.25) is 10.0 Å². The van der Waals surface area contributed by atoms with E-state index in [4.69, 9.17) is 0 Å². The van der Waals surface area contributed by atoms with Gasteiger partial charge in [0.1, 0.15) is 5.75 Å². The molecule has 0 aliphatic rings. The molecule has 1 atom stereocenters. The summed E-state index contributed by atoms with van der Waals surface area (Å²) in [4.78, 5) is -0.243. The fraction of sp³-hybridized carbons (Fsp3) is 0.222. The lowest BCUT2D eigenvalue weighted by Crippen LogP contribution is -2.28. The number of aromatic nitrogens is 1. The van der Waals surface area contributed by atoms with Crippen LogP contribution in [0, 0.1) is 0 Å². The summed E-state index contributed by atoms with van der Waals surface area (Å²) >= 11 is 0. The van der Waals surface area contributed by atoms with Gasteiger partial charge in [0, 0.05) is 25.3 Å². The quantitative estimate of drug-likeness (QED) is 0.650. The molecule has 0 amide bonds. The van der Waals surface area contributed by atoms with E-state index in [1.807, 2.05) is 29.9 Å². The Morgan fingerprint density at radius 2 is 1.82 bits per heavy atom. The summed E-state index contributed by atoms with van der Waals surface area (Å²) in [5, 5.41) is 11.2. The molecule has 3 aromatic rings. The molecule has 6 nitrogen and oxygen atoms in total. The minimum absolute atomic E-state index is 0.243. The van der Waals surface area contributed by atoms with Crippen molar-refractivity contribution >= 4 is 20.9 Å². The first-order valence-corrected chi connectivity index (χ1v) is 9.62. The van der Waals surface area contributed by atoms with Crippen LogP contribution in [0.25, 0.3) is 10.9 Å². The highest BCUT2D eigenvalue weighted by molar-refractivity contribution is 7.89. The summed E-state index contributed by atoms with van der Waals surface area (Å²) < 4.78 is 68.9.